The second-order valence-corrected chi connectivity index (χ2v) is 3.25. The maximum absolute atomic E-state index is 4.18. The van der Waals surface area contributed by atoms with Crippen LogP contribution in [0.2, 0.25) is 0 Å². The average molecular weight is 236 g/mol. The van der Waals surface area contributed by atoms with Crippen molar-refractivity contribution in [1.29, 1.82) is 0 Å². The summed E-state index contributed by atoms with van der Waals surface area (Å²) in [6.45, 7) is 0. The molecule has 2 aromatic rings. The van der Waals surface area contributed by atoms with E-state index in [0.29, 0.717) is 0 Å². The molecule has 64 valence electrons. The standard InChI is InChI=1S/C9H6BrN3/c10-9-6-12-8(5-13-9)7-3-1-2-4-11-7/h1-6H. The number of aromatic nitrogens is 3. The smallest absolute Gasteiger partial charge is 0.124 e. The lowest BCUT2D eigenvalue weighted by Gasteiger charge is -1.97. The molecule has 4 heteroatoms. The fourth-order valence-electron chi connectivity index (χ4n) is 0.959. The van der Waals surface area contributed by atoms with Gasteiger partial charge in [-0.25, -0.2) is 4.98 Å². The lowest BCUT2D eigenvalue weighted by atomic mass is 10.3. The molecular formula is C9H6BrN3. The van der Waals surface area contributed by atoms with Crippen LogP contribution in [0.25, 0.3) is 11.4 Å². The minimum atomic E-state index is 0.729. The van der Waals surface area contributed by atoms with Crippen molar-refractivity contribution in [3.8, 4) is 11.4 Å². The van der Waals surface area contributed by atoms with Crippen LogP contribution < -0.4 is 0 Å². The molecule has 0 atom stereocenters. The van der Waals surface area contributed by atoms with Gasteiger partial charge in [0.25, 0.3) is 0 Å². The quantitative estimate of drug-likeness (QED) is 0.762. The van der Waals surface area contributed by atoms with E-state index in [1.54, 1.807) is 18.6 Å². The summed E-state index contributed by atoms with van der Waals surface area (Å²) in [6.07, 6.45) is 5.08. The van der Waals surface area contributed by atoms with Crippen LogP contribution in [0.3, 0.4) is 0 Å². The minimum Gasteiger partial charge on any atom is -0.255 e. The zero-order chi connectivity index (χ0) is 9.10. The van der Waals surface area contributed by atoms with E-state index in [0.717, 1.165) is 16.0 Å². The van der Waals surface area contributed by atoms with Gasteiger partial charge in [-0.15, -0.1) is 0 Å². The van der Waals surface area contributed by atoms with Gasteiger partial charge in [-0.2, -0.15) is 0 Å². The Morgan fingerprint density at radius 1 is 0.923 bits per heavy atom. The first-order valence-corrected chi connectivity index (χ1v) is 4.54. The number of halogens is 1. The van der Waals surface area contributed by atoms with Crippen LogP contribution in [0.1, 0.15) is 0 Å². The van der Waals surface area contributed by atoms with Crippen molar-refractivity contribution in [2.45, 2.75) is 0 Å². The SMILES string of the molecule is Brc1cnc(-c2ccccn2)cn1. The summed E-state index contributed by atoms with van der Waals surface area (Å²) in [7, 11) is 0. The summed E-state index contributed by atoms with van der Waals surface area (Å²) in [4.78, 5) is 12.4. The molecule has 13 heavy (non-hydrogen) atoms. The molecule has 2 aromatic heterocycles. The molecular weight excluding hydrogens is 230 g/mol. The fraction of sp³-hybridized carbons (Fsp3) is 0. The van der Waals surface area contributed by atoms with E-state index < -0.39 is 0 Å². The zero-order valence-electron chi connectivity index (χ0n) is 6.68. The molecule has 2 rings (SSSR count). The van der Waals surface area contributed by atoms with Gasteiger partial charge in [0.05, 0.1) is 18.1 Å². The van der Waals surface area contributed by atoms with Gasteiger partial charge in [0.15, 0.2) is 0 Å². The van der Waals surface area contributed by atoms with Crippen LogP contribution in [0.15, 0.2) is 41.4 Å². The Kier molecular flexibility index (Phi) is 2.31. The van der Waals surface area contributed by atoms with E-state index in [9.17, 15) is 0 Å². The monoisotopic (exact) mass is 235 g/mol. The molecule has 3 nitrogen and oxygen atoms in total. The van der Waals surface area contributed by atoms with Gasteiger partial charge >= 0.3 is 0 Å². The van der Waals surface area contributed by atoms with E-state index in [1.807, 2.05) is 18.2 Å². The Balaban J connectivity index is 2.42. The highest BCUT2D eigenvalue weighted by Crippen LogP contribution is 2.12. The van der Waals surface area contributed by atoms with Crippen molar-refractivity contribution in [3.63, 3.8) is 0 Å². The van der Waals surface area contributed by atoms with Gasteiger partial charge in [-0.3, -0.25) is 9.97 Å². The number of nitrogens with zero attached hydrogens (tertiary/aromatic N) is 3. The summed E-state index contributed by atoms with van der Waals surface area (Å²) in [5, 5.41) is 0. The predicted molar refractivity (Wildman–Crippen MR) is 53.0 cm³/mol. The number of rotatable bonds is 1. The summed E-state index contributed by atoms with van der Waals surface area (Å²) in [5.41, 5.74) is 1.62. The van der Waals surface area contributed by atoms with E-state index in [1.165, 1.54) is 0 Å². The minimum absolute atomic E-state index is 0.729. The molecule has 0 fully saturated rings. The van der Waals surface area contributed by atoms with Crippen LogP contribution in [-0.4, -0.2) is 15.0 Å². The van der Waals surface area contributed by atoms with Gasteiger partial charge in [0, 0.05) is 6.20 Å². The first-order chi connectivity index (χ1) is 6.36. The average Bonchev–Trinajstić information content (AvgIpc) is 2.20. The molecule has 2 heterocycles. The summed E-state index contributed by atoms with van der Waals surface area (Å²) in [5.74, 6) is 0. The van der Waals surface area contributed by atoms with E-state index in [-0.39, 0.29) is 0 Å². The number of pyridine rings is 1. The molecule has 0 amide bonds. The van der Waals surface area contributed by atoms with E-state index in [4.69, 9.17) is 0 Å². The molecule has 0 N–H and O–H groups in total. The Hall–Kier alpha value is -1.29. The number of hydrogen-bond acceptors (Lipinski definition) is 3. The van der Waals surface area contributed by atoms with Gasteiger partial charge < -0.3 is 0 Å². The molecule has 0 radical (unpaired) electrons. The summed E-state index contributed by atoms with van der Waals surface area (Å²) < 4.78 is 0.729. The second-order valence-electron chi connectivity index (χ2n) is 2.44. The van der Waals surface area contributed by atoms with Crippen molar-refractivity contribution in [2.24, 2.45) is 0 Å². The third kappa shape index (κ3) is 1.89. The first-order valence-electron chi connectivity index (χ1n) is 3.75. The Bertz CT molecular complexity index is 385. The Morgan fingerprint density at radius 2 is 1.85 bits per heavy atom. The Morgan fingerprint density at radius 3 is 2.46 bits per heavy atom. The van der Waals surface area contributed by atoms with Gasteiger partial charge in [-0.05, 0) is 28.1 Å². The summed E-state index contributed by atoms with van der Waals surface area (Å²) >= 11 is 3.22. The van der Waals surface area contributed by atoms with Crippen molar-refractivity contribution in [1.82, 2.24) is 15.0 Å². The Labute approximate surface area is 84.0 Å². The molecule has 0 aliphatic rings. The lowest BCUT2D eigenvalue weighted by Crippen LogP contribution is -1.87. The maximum atomic E-state index is 4.18. The molecule has 0 aliphatic heterocycles. The van der Waals surface area contributed by atoms with Crippen molar-refractivity contribution in [3.05, 3.63) is 41.4 Å². The molecule has 0 saturated heterocycles. The van der Waals surface area contributed by atoms with Gasteiger partial charge in [0.1, 0.15) is 10.3 Å². The first kappa shape index (κ1) is 8.31. The third-order valence-corrected chi connectivity index (χ3v) is 1.96. The highest BCUT2D eigenvalue weighted by Gasteiger charge is 1.98. The fourth-order valence-corrected chi connectivity index (χ4v) is 1.16. The second kappa shape index (κ2) is 3.62. The predicted octanol–water partition coefficient (Wildman–Crippen LogP) is 2.30. The highest BCUT2D eigenvalue weighted by molar-refractivity contribution is 9.10. The van der Waals surface area contributed by atoms with Crippen LogP contribution in [-0.2, 0) is 0 Å². The van der Waals surface area contributed by atoms with E-state index >= 15 is 0 Å². The summed E-state index contributed by atoms with van der Waals surface area (Å²) in [6, 6.07) is 5.69. The molecule has 0 saturated carbocycles. The lowest BCUT2D eigenvalue weighted by molar-refractivity contribution is 1.15. The molecule has 0 aliphatic carbocycles. The highest BCUT2D eigenvalue weighted by atomic mass is 79.9. The van der Waals surface area contributed by atoms with Gasteiger partial charge in [-0.1, -0.05) is 6.07 Å². The van der Waals surface area contributed by atoms with Crippen LogP contribution >= 0.6 is 15.9 Å². The maximum Gasteiger partial charge on any atom is 0.124 e. The molecule has 0 unspecified atom stereocenters. The molecule has 0 bridgehead atoms. The van der Waals surface area contributed by atoms with Crippen LogP contribution in [0.5, 0.6) is 0 Å². The van der Waals surface area contributed by atoms with Crippen LogP contribution in [0.4, 0.5) is 0 Å². The van der Waals surface area contributed by atoms with Crippen molar-refractivity contribution >= 4 is 15.9 Å². The van der Waals surface area contributed by atoms with Gasteiger partial charge in [0.2, 0.25) is 0 Å². The topological polar surface area (TPSA) is 38.7 Å². The molecule has 0 spiro atoms. The van der Waals surface area contributed by atoms with Crippen molar-refractivity contribution in [2.75, 3.05) is 0 Å². The zero-order valence-corrected chi connectivity index (χ0v) is 8.27. The van der Waals surface area contributed by atoms with Crippen LogP contribution in [0, 0.1) is 0 Å². The van der Waals surface area contributed by atoms with E-state index in [2.05, 4.69) is 30.9 Å². The van der Waals surface area contributed by atoms with Crippen molar-refractivity contribution < 1.29 is 0 Å². The molecule has 0 aromatic carbocycles. The largest absolute Gasteiger partial charge is 0.255 e. The normalized spacial score (nSPS) is 9.92. The number of hydrogen-bond donors (Lipinski definition) is 0. The third-order valence-electron chi connectivity index (χ3n) is 1.55.